The van der Waals surface area contributed by atoms with Crippen LogP contribution in [0, 0.1) is 12.8 Å². The summed E-state index contributed by atoms with van der Waals surface area (Å²) >= 11 is 0. The predicted octanol–water partition coefficient (Wildman–Crippen LogP) is 6.01. The molecule has 2 heteroatoms. The molecule has 1 aliphatic rings. The Morgan fingerprint density at radius 3 is 2.65 bits per heavy atom. The van der Waals surface area contributed by atoms with Crippen molar-refractivity contribution in [3.63, 3.8) is 0 Å². The first-order valence-electron chi connectivity index (χ1n) is 9.43. The Morgan fingerprint density at radius 1 is 1.04 bits per heavy atom. The van der Waals surface area contributed by atoms with Crippen molar-refractivity contribution >= 4 is 22.4 Å². The highest BCUT2D eigenvalue weighted by Crippen LogP contribution is 2.48. The lowest BCUT2D eigenvalue weighted by atomic mass is 9.98. The minimum absolute atomic E-state index is 0.0879. The molecular formula is C24H25NO. The van der Waals surface area contributed by atoms with Crippen LogP contribution in [0.2, 0.25) is 0 Å². The molecule has 1 saturated carbocycles. The molecule has 0 spiro atoms. The maximum absolute atomic E-state index is 12.7. The van der Waals surface area contributed by atoms with E-state index in [1.807, 2.05) is 6.07 Å². The summed E-state index contributed by atoms with van der Waals surface area (Å²) in [6, 6.07) is 21.1. The van der Waals surface area contributed by atoms with Gasteiger partial charge in [-0.05, 0) is 64.8 Å². The number of carbonyl (C=O) groups is 1. The highest BCUT2D eigenvalue weighted by atomic mass is 16.2. The van der Waals surface area contributed by atoms with E-state index in [2.05, 4.69) is 80.7 Å². The summed E-state index contributed by atoms with van der Waals surface area (Å²) < 4.78 is 0. The standard InChI is InChI=1S/C24H25NO/c1-15(2)18-8-5-9-19(12-18)22-14-23(22)24(26)25-20-11-10-17-7-4-6-16(3)21(17)13-20/h4-13,15,22-23H,14H2,1-3H3,(H,25,26). The average molecular weight is 343 g/mol. The van der Waals surface area contributed by atoms with Crippen LogP contribution in [-0.4, -0.2) is 5.91 Å². The van der Waals surface area contributed by atoms with Crippen LogP contribution in [-0.2, 0) is 4.79 Å². The van der Waals surface area contributed by atoms with Crippen LogP contribution >= 0.6 is 0 Å². The smallest absolute Gasteiger partial charge is 0.228 e. The molecule has 2 nitrogen and oxygen atoms in total. The largest absolute Gasteiger partial charge is 0.326 e. The molecule has 1 aliphatic carbocycles. The molecule has 0 aliphatic heterocycles. The molecule has 0 radical (unpaired) electrons. The van der Waals surface area contributed by atoms with E-state index in [1.165, 1.54) is 27.5 Å². The number of aryl methyl sites for hydroxylation is 1. The van der Waals surface area contributed by atoms with E-state index in [0.29, 0.717) is 11.8 Å². The molecule has 2 unspecified atom stereocenters. The number of nitrogens with one attached hydrogen (secondary N) is 1. The van der Waals surface area contributed by atoms with E-state index in [0.717, 1.165) is 12.1 Å². The number of amides is 1. The molecule has 3 aromatic rings. The molecule has 3 aromatic carbocycles. The molecule has 1 N–H and O–H groups in total. The first-order valence-corrected chi connectivity index (χ1v) is 9.43. The number of carbonyl (C=O) groups excluding carboxylic acids is 1. The Hall–Kier alpha value is -2.61. The lowest BCUT2D eigenvalue weighted by Gasteiger charge is -2.09. The number of rotatable bonds is 4. The summed E-state index contributed by atoms with van der Waals surface area (Å²) in [5, 5.41) is 5.52. The van der Waals surface area contributed by atoms with Gasteiger partial charge in [0.1, 0.15) is 0 Å². The molecule has 1 amide bonds. The maximum Gasteiger partial charge on any atom is 0.228 e. The Balaban J connectivity index is 1.48. The van der Waals surface area contributed by atoms with Gasteiger partial charge < -0.3 is 5.32 Å². The zero-order valence-electron chi connectivity index (χ0n) is 15.6. The van der Waals surface area contributed by atoms with Crippen LogP contribution < -0.4 is 5.32 Å². The third-order valence-electron chi connectivity index (χ3n) is 5.50. The van der Waals surface area contributed by atoms with E-state index in [4.69, 9.17) is 0 Å². The summed E-state index contributed by atoms with van der Waals surface area (Å²) in [4.78, 5) is 12.7. The van der Waals surface area contributed by atoms with Gasteiger partial charge in [0.15, 0.2) is 0 Å². The van der Waals surface area contributed by atoms with Gasteiger partial charge >= 0.3 is 0 Å². The van der Waals surface area contributed by atoms with E-state index in [1.54, 1.807) is 0 Å². The highest BCUT2D eigenvalue weighted by Gasteiger charge is 2.44. The van der Waals surface area contributed by atoms with Crippen molar-refractivity contribution in [1.82, 2.24) is 0 Å². The normalized spacial score (nSPS) is 18.9. The van der Waals surface area contributed by atoms with Gasteiger partial charge in [0.05, 0.1) is 0 Å². The van der Waals surface area contributed by atoms with E-state index < -0.39 is 0 Å². The number of anilines is 1. The number of hydrogen-bond donors (Lipinski definition) is 1. The summed E-state index contributed by atoms with van der Waals surface area (Å²) in [6.07, 6.45) is 0.944. The van der Waals surface area contributed by atoms with Crippen molar-refractivity contribution in [2.75, 3.05) is 5.32 Å². The summed E-state index contributed by atoms with van der Waals surface area (Å²) in [5.74, 6) is 1.10. The van der Waals surface area contributed by atoms with Gasteiger partial charge in [0.25, 0.3) is 0 Å². The fourth-order valence-corrected chi connectivity index (χ4v) is 3.74. The second-order valence-corrected chi connectivity index (χ2v) is 7.77. The van der Waals surface area contributed by atoms with Crippen LogP contribution in [0.5, 0.6) is 0 Å². The third kappa shape index (κ3) is 3.24. The minimum Gasteiger partial charge on any atom is -0.326 e. The van der Waals surface area contributed by atoms with Crippen LogP contribution in [0.25, 0.3) is 10.8 Å². The molecular weight excluding hydrogens is 318 g/mol. The quantitative estimate of drug-likeness (QED) is 0.617. The predicted molar refractivity (Wildman–Crippen MR) is 109 cm³/mol. The first kappa shape index (κ1) is 16.8. The van der Waals surface area contributed by atoms with Crippen molar-refractivity contribution in [2.24, 2.45) is 5.92 Å². The number of benzene rings is 3. The Morgan fingerprint density at radius 2 is 1.85 bits per heavy atom. The van der Waals surface area contributed by atoms with Gasteiger partial charge in [0, 0.05) is 11.6 Å². The Bertz CT molecular complexity index is 973. The van der Waals surface area contributed by atoms with Crippen molar-refractivity contribution in [1.29, 1.82) is 0 Å². The molecule has 132 valence electrons. The van der Waals surface area contributed by atoms with Gasteiger partial charge in [-0.2, -0.15) is 0 Å². The molecule has 2 atom stereocenters. The van der Waals surface area contributed by atoms with E-state index in [-0.39, 0.29) is 11.8 Å². The fourth-order valence-electron chi connectivity index (χ4n) is 3.74. The summed E-state index contributed by atoms with van der Waals surface area (Å²) in [6.45, 7) is 6.52. The second kappa shape index (κ2) is 6.60. The van der Waals surface area contributed by atoms with E-state index in [9.17, 15) is 4.79 Å². The summed E-state index contributed by atoms with van der Waals surface area (Å²) in [7, 11) is 0. The van der Waals surface area contributed by atoms with Gasteiger partial charge in [-0.25, -0.2) is 0 Å². The number of fused-ring (bicyclic) bond motifs is 1. The van der Waals surface area contributed by atoms with E-state index >= 15 is 0 Å². The van der Waals surface area contributed by atoms with Crippen molar-refractivity contribution in [2.45, 2.75) is 39.0 Å². The molecule has 0 heterocycles. The molecule has 26 heavy (non-hydrogen) atoms. The molecule has 0 bridgehead atoms. The third-order valence-corrected chi connectivity index (χ3v) is 5.50. The topological polar surface area (TPSA) is 29.1 Å². The first-order chi connectivity index (χ1) is 12.5. The van der Waals surface area contributed by atoms with Crippen LogP contribution in [0.15, 0.2) is 60.7 Å². The van der Waals surface area contributed by atoms with Crippen molar-refractivity contribution < 1.29 is 4.79 Å². The lowest BCUT2D eigenvalue weighted by molar-refractivity contribution is -0.117. The SMILES string of the molecule is Cc1cccc2ccc(NC(=O)C3CC3c3cccc(C(C)C)c3)cc12. The van der Waals surface area contributed by atoms with Gasteiger partial charge in [0.2, 0.25) is 5.91 Å². The summed E-state index contributed by atoms with van der Waals surface area (Å²) in [5.41, 5.74) is 4.76. The fraction of sp³-hybridized carbons (Fsp3) is 0.292. The Labute approximate surface area is 155 Å². The Kier molecular flexibility index (Phi) is 4.28. The average Bonchev–Trinajstić information content (AvgIpc) is 3.43. The monoisotopic (exact) mass is 343 g/mol. The van der Waals surface area contributed by atoms with Crippen LogP contribution in [0.4, 0.5) is 5.69 Å². The maximum atomic E-state index is 12.7. The molecule has 0 saturated heterocycles. The number of hydrogen-bond acceptors (Lipinski definition) is 1. The molecule has 1 fully saturated rings. The minimum atomic E-state index is 0.0879. The highest BCUT2D eigenvalue weighted by molar-refractivity contribution is 5.98. The molecule has 4 rings (SSSR count). The van der Waals surface area contributed by atoms with Gasteiger partial charge in [-0.15, -0.1) is 0 Å². The zero-order valence-corrected chi connectivity index (χ0v) is 15.6. The molecule has 0 aromatic heterocycles. The van der Waals surface area contributed by atoms with Crippen molar-refractivity contribution in [3.05, 3.63) is 77.4 Å². The second-order valence-electron chi connectivity index (χ2n) is 7.77. The van der Waals surface area contributed by atoms with Gasteiger partial charge in [-0.3, -0.25) is 4.79 Å². The zero-order chi connectivity index (χ0) is 18.3. The van der Waals surface area contributed by atoms with Crippen LogP contribution in [0.3, 0.4) is 0 Å². The lowest BCUT2D eigenvalue weighted by Crippen LogP contribution is -2.14. The van der Waals surface area contributed by atoms with Gasteiger partial charge in [-0.1, -0.05) is 62.4 Å². The van der Waals surface area contributed by atoms with Crippen molar-refractivity contribution in [3.8, 4) is 0 Å². The van der Waals surface area contributed by atoms with Crippen LogP contribution in [0.1, 0.15) is 48.8 Å².